The second-order valence-corrected chi connectivity index (χ2v) is 5.05. The van der Waals surface area contributed by atoms with E-state index in [0.717, 1.165) is 28.5 Å². The number of anilines is 2. The summed E-state index contributed by atoms with van der Waals surface area (Å²) < 4.78 is 5.35. The highest BCUT2D eigenvalue weighted by molar-refractivity contribution is 5.89. The minimum Gasteiger partial charge on any atom is -0.399 e. The van der Waals surface area contributed by atoms with Crippen LogP contribution in [0.2, 0.25) is 0 Å². The number of nitrogens with zero attached hydrogens (tertiary/aromatic N) is 1. The molecule has 3 rings (SSSR count). The minimum absolute atomic E-state index is 0.424. The van der Waals surface area contributed by atoms with Gasteiger partial charge in [-0.3, -0.25) is 0 Å². The SMILES string of the molecule is Nc1cccccc(Cc2cccc3c(N)noc23)ccc1. The first-order valence-corrected chi connectivity index (χ1v) is 7.04. The zero-order valence-corrected chi connectivity index (χ0v) is 12.1. The lowest BCUT2D eigenvalue weighted by Gasteiger charge is -2.01. The third-order valence-corrected chi connectivity index (χ3v) is 3.42. The first-order chi connectivity index (χ1) is 10.7. The molecule has 0 fully saturated rings. The summed E-state index contributed by atoms with van der Waals surface area (Å²) in [6, 6.07) is 21.5. The van der Waals surface area contributed by atoms with E-state index in [2.05, 4.69) is 11.2 Å². The van der Waals surface area contributed by atoms with E-state index < -0.39 is 0 Å². The molecule has 4 heteroatoms. The summed E-state index contributed by atoms with van der Waals surface area (Å²) in [4.78, 5) is 0. The van der Waals surface area contributed by atoms with Gasteiger partial charge in [0.05, 0.1) is 5.39 Å². The maximum Gasteiger partial charge on any atom is 0.174 e. The largest absolute Gasteiger partial charge is 0.399 e. The van der Waals surface area contributed by atoms with Crippen LogP contribution < -0.4 is 11.5 Å². The number of nitrogen functional groups attached to an aromatic ring is 2. The molecule has 0 aliphatic rings. The standard InChI is InChI=1S/C18H17N3O/c19-15-9-3-1-2-6-13(7-4-10-15)12-14-8-5-11-16-17(14)22-21-18(16)20/h1-11H,12,19H2,(H2,20,21). The minimum atomic E-state index is 0.424. The van der Waals surface area contributed by atoms with Crippen LogP contribution >= 0.6 is 0 Å². The van der Waals surface area contributed by atoms with Gasteiger partial charge >= 0.3 is 0 Å². The highest BCUT2D eigenvalue weighted by Gasteiger charge is 2.09. The van der Waals surface area contributed by atoms with Crippen LogP contribution in [0.3, 0.4) is 0 Å². The molecule has 0 spiro atoms. The molecule has 3 aromatic rings. The van der Waals surface area contributed by atoms with Crippen molar-refractivity contribution in [3.63, 3.8) is 0 Å². The highest BCUT2D eigenvalue weighted by Crippen LogP contribution is 2.25. The van der Waals surface area contributed by atoms with E-state index in [1.54, 1.807) is 0 Å². The fraction of sp³-hybridized carbons (Fsp3) is 0.0556. The van der Waals surface area contributed by atoms with Crippen molar-refractivity contribution in [1.29, 1.82) is 0 Å². The van der Waals surface area contributed by atoms with Crippen LogP contribution in [0, 0.1) is 0 Å². The van der Waals surface area contributed by atoms with Gasteiger partial charge in [-0.1, -0.05) is 53.7 Å². The molecular weight excluding hydrogens is 274 g/mol. The molecule has 110 valence electrons. The van der Waals surface area contributed by atoms with Gasteiger partial charge in [0.25, 0.3) is 0 Å². The van der Waals surface area contributed by atoms with Gasteiger partial charge in [-0.15, -0.1) is 0 Å². The van der Waals surface area contributed by atoms with E-state index >= 15 is 0 Å². The summed E-state index contributed by atoms with van der Waals surface area (Å²) in [6.45, 7) is 0. The fourth-order valence-electron chi connectivity index (χ4n) is 2.32. The maximum atomic E-state index is 5.83. The van der Waals surface area contributed by atoms with Crippen molar-refractivity contribution < 1.29 is 4.52 Å². The number of rotatable bonds is 2. The molecule has 0 amide bonds. The molecule has 1 aromatic heterocycles. The van der Waals surface area contributed by atoms with E-state index in [-0.39, 0.29) is 0 Å². The van der Waals surface area contributed by atoms with Crippen molar-refractivity contribution in [2.75, 3.05) is 11.5 Å². The number of para-hydroxylation sites is 1. The van der Waals surface area contributed by atoms with Gasteiger partial charge in [0.15, 0.2) is 11.4 Å². The predicted molar refractivity (Wildman–Crippen MR) is 89.7 cm³/mol. The van der Waals surface area contributed by atoms with Gasteiger partial charge in [-0.25, -0.2) is 0 Å². The van der Waals surface area contributed by atoms with Crippen molar-refractivity contribution >= 4 is 22.5 Å². The number of hydrogen-bond donors (Lipinski definition) is 2. The summed E-state index contributed by atoms with van der Waals surface area (Å²) in [6.07, 6.45) is 0.726. The number of aromatic nitrogens is 1. The summed E-state index contributed by atoms with van der Waals surface area (Å²) in [7, 11) is 0. The van der Waals surface area contributed by atoms with Gasteiger partial charge < -0.3 is 16.0 Å². The van der Waals surface area contributed by atoms with Crippen LogP contribution in [0.4, 0.5) is 11.5 Å². The Kier molecular flexibility index (Phi) is 3.92. The molecule has 0 radical (unpaired) electrons. The zero-order chi connectivity index (χ0) is 15.4. The van der Waals surface area contributed by atoms with Crippen LogP contribution in [-0.2, 0) is 6.42 Å². The van der Waals surface area contributed by atoms with Gasteiger partial charge in [0.2, 0.25) is 0 Å². The molecule has 4 nitrogen and oxygen atoms in total. The first kappa shape index (κ1) is 13.9. The number of benzene rings is 1. The molecule has 1 heterocycles. The van der Waals surface area contributed by atoms with Crippen LogP contribution in [0.1, 0.15) is 11.1 Å². The highest BCUT2D eigenvalue weighted by atomic mass is 16.5. The van der Waals surface area contributed by atoms with E-state index in [1.807, 2.05) is 60.7 Å². The molecule has 0 bridgehead atoms. The van der Waals surface area contributed by atoms with Crippen molar-refractivity contribution in [2.45, 2.75) is 6.42 Å². The second-order valence-electron chi connectivity index (χ2n) is 5.05. The number of fused-ring (bicyclic) bond motifs is 1. The van der Waals surface area contributed by atoms with Gasteiger partial charge in [-0.2, -0.15) is 0 Å². The van der Waals surface area contributed by atoms with Crippen LogP contribution in [-0.4, -0.2) is 5.16 Å². The molecule has 0 saturated heterocycles. The normalized spacial score (nSPS) is 10.4. The topological polar surface area (TPSA) is 78.1 Å². The van der Waals surface area contributed by atoms with Crippen molar-refractivity contribution in [1.82, 2.24) is 5.16 Å². The van der Waals surface area contributed by atoms with Crippen LogP contribution in [0.15, 0.2) is 71.3 Å². The molecule has 2 aromatic carbocycles. The number of hydrogen-bond acceptors (Lipinski definition) is 4. The smallest absolute Gasteiger partial charge is 0.174 e. The molecule has 0 aliphatic heterocycles. The molecule has 0 atom stereocenters. The Morgan fingerprint density at radius 1 is 0.818 bits per heavy atom. The lowest BCUT2D eigenvalue weighted by molar-refractivity contribution is 0.458. The van der Waals surface area contributed by atoms with Crippen molar-refractivity contribution in [2.24, 2.45) is 0 Å². The molecule has 0 saturated carbocycles. The lowest BCUT2D eigenvalue weighted by atomic mass is 10.0. The molecular formula is C18H17N3O. The molecule has 0 aliphatic carbocycles. The van der Waals surface area contributed by atoms with E-state index in [4.69, 9.17) is 16.0 Å². The summed E-state index contributed by atoms with van der Waals surface area (Å²) in [5.74, 6) is 0.424. The molecule has 0 unspecified atom stereocenters. The average molecular weight is 291 g/mol. The third kappa shape index (κ3) is 3.01. The Balaban J connectivity index is 2.03. The summed E-state index contributed by atoms with van der Waals surface area (Å²) >= 11 is 0. The van der Waals surface area contributed by atoms with Crippen molar-refractivity contribution in [3.8, 4) is 0 Å². The third-order valence-electron chi connectivity index (χ3n) is 3.42. The van der Waals surface area contributed by atoms with E-state index in [0.29, 0.717) is 11.5 Å². The Morgan fingerprint density at radius 2 is 1.55 bits per heavy atom. The van der Waals surface area contributed by atoms with E-state index in [1.165, 1.54) is 0 Å². The molecule has 22 heavy (non-hydrogen) atoms. The van der Waals surface area contributed by atoms with Gasteiger partial charge in [0, 0.05) is 17.7 Å². The summed E-state index contributed by atoms with van der Waals surface area (Å²) in [5, 5.41) is 4.69. The van der Waals surface area contributed by atoms with Gasteiger partial charge in [0.1, 0.15) is 0 Å². The maximum absolute atomic E-state index is 5.83. The second kappa shape index (κ2) is 6.18. The number of nitrogens with two attached hydrogens (primary N) is 2. The molecule has 4 N–H and O–H groups in total. The van der Waals surface area contributed by atoms with Crippen LogP contribution in [0.5, 0.6) is 0 Å². The Labute approximate surface area is 128 Å². The van der Waals surface area contributed by atoms with E-state index in [9.17, 15) is 0 Å². The monoisotopic (exact) mass is 291 g/mol. The zero-order valence-electron chi connectivity index (χ0n) is 12.1. The quantitative estimate of drug-likeness (QED) is 0.754. The van der Waals surface area contributed by atoms with Gasteiger partial charge in [-0.05, 0) is 23.8 Å². The fourth-order valence-corrected chi connectivity index (χ4v) is 2.32. The first-order valence-electron chi connectivity index (χ1n) is 7.04. The van der Waals surface area contributed by atoms with Crippen LogP contribution in [0.25, 0.3) is 11.0 Å². The average Bonchev–Trinajstić information content (AvgIpc) is 2.89. The Bertz CT molecular complexity index is 854. The van der Waals surface area contributed by atoms with Crippen molar-refractivity contribution in [3.05, 3.63) is 77.9 Å². The summed E-state index contributed by atoms with van der Waals surface area (Å²) in [5.41, 5.74) is 15.3. The Hall–Kier alpha value is -3.01. The lowest BCUT2D eigenvalue weighted by Crippen LogP contribution is -1.88. The predicted octanol–water partition coefficient (Wildman–Crippen LogP) is 3.71. The Morgan fingerprint density at radius 3 is 2.45 bits per heavy atom.